The smallest absolute Gasteiger partial charge is 0.270 e. The molecule has 2 heterocycles. The van der Waals surface area contributed by atoms with Crippen molar-refractivity contribution in [2.75, 3.05) is 26.2 Å². The number of piperazine rings is 1. The van der Waals surface area contributed by atoms with Gasteiger partial charge in [0.1, 0.15) is 18.1 Å². The SMILES string of the molecule is O=C(Cn1cccc1C(=O)N1CCN(C(=O)c2ccc(F)cc2)CC1)NC1CCCC1. The van der Waals surface area contributed by atoms with Gasteiger partial charge in [-0.1, -0.05) is 12.8 Å². The molecule has 0 bridgehead atoms. The number of halogens is 1. The van der Waals surface area contributed by atoms with Crippen molar-refractivity contribution in [3.05, 3.63) is 59.7 Å². The van der Waals surface area contributed by atoms with Gasteiger partial charge in [0.25, 0.3) is 11.8 Å². The standard InChI is InChI=1S/C23H27FN4O3/c24-18-9-7-17(8-10-18)22(30)26-12-14-27(15-13-26)23(31)20-6-3-11-28(20)16-21(29)25-19-4-1-2-5-19/h3,6-11,19H,1-2,4-5,12-16H2,(H,25,29). The van der Waals surface area contributed by atoms with E-state index in [2.05, 4.69) is 5.32 Å². The zero-order valence-corrected chi connectivity index (χ0v) is 17.4. The molecule has 1 aromatic heterocycles. The fraction of sp³-hybridized carbons (Fsp3) is 0.435. The van der Waals surface area contributed by atoms with E-state index in [1.165, 1.54) is 24.3 Å². The van der Waals surface area contributed by atoms with Gasteiger partial charge in [0.2, 0.25) is 5.91 Å². The summed E-state index contributed by atoms with van der Waals surface area (Å²) in [4.78, 5) is 41.3. The molecule has 4 rings (SSSR count). The number of hydrogen-bond donors (Lipinski definition) is 1. The van der Waals surface area contributed by atoms with E-state index in [1.54, 1.807) is 32.7 Å². The molecule has 0 radical (unpaired) electrons. The van der Waals surface area contributed by atoms with E-state index in [0.29, 0.717) is 37.4 Å². The fourth-order valence-corrected chi connectivity index (χ4v) is 4.29. The molecule has 0 unspecified atom stereocenters. The average molecular weight is 426 g/mol. The highest BCUT2D eigenvalue weighted by Crippen LogP contribution is 2.18. The third-order valence-electron chi connectivity index (χ3n) is 6.03. The van der Waals surface area contributed by atoms with Crippen LogP contribution in [-0.4, -0.2) is 64.3 Å². The minimum atomic E-state index is -0.383. The summed E-state index contributed by atoms with van der Waals surface area (Å²) >= 11 is 0. The van der Waals surface area contributed by atoms with Crippen LogP contribution in [0.5, 0.6) is 0 Å². The predicted octanol–water partition coefficient (Wildman–Crippen LogP) is 2.28. The van der Waals surface area contributed by atoms with E-state index in [1.807, 2.05) is 0 Å². The monoisotopic (exact) mass is 426 g/mol. The van der Waals surface area contributed by atoms with Crippen LogP contribution in [0, 0.1) is 5.82 Å². The first-order valence-electron chi connectivity index (χ1n) is 10.8. The second-order valence-electron chi connectivity index (χ2n) is 8.16. The second-order valence-corrected chi connectivity index (χ2v) is 8.16. The molecule has 1 N–H and O–H groups in total. The van der Waals surface area contributed by atoms with Crippen LogP contribution < -0.4 is 5.32 Å². The molecule has 2 fully saturated rings. The highest BCUT2D eigenvalue weighted by atomic mass is 19.1. The van der Waals surface area contributed by atoms with E-state index >= 15 is 0 Å². The molecule has 1 aliphatic heterocycles. The largest absolute Gasteiger partial charge is 0.352 e. The van der Waals surface area contributed by atoms with Crippen LogP contribution in [0.15, 0.2) is 42.6 Å². The topological polar surface area (TPSA) is 74.7 Å². The molecule has 8 heteroatoms. The molecule has 2 aliphatic rings. The number of carbonyl (C=O) groups is 3. The van der Waals surface area contributed by atoms with Gasteiger partial charge in [-0.25, -0.2) is 4.39 Å². The summed E-state index contributed by atoms with van der Waals surface area (Å²) in [5.41, 5.74) is 0.906. The van der Waals surface area contributed by atoms with Gasteiger partial charge >= 0.3 is 0 Å². The van der Waals surface area contributed by atoms with Crippen molar-refractivity contribution >= 4 is 17.7 Å². The third-order valence-corrected chi connectivity index (χ3v) is 6.03. The van der Waals surface area contributed by atoms with Crippen molar-refractivity contribution in [2.24, 2.45) is 0 Å². The summed E-state index contributed by atoms with van der Waals surface area (Å²) in [6.45, 7) is 1.75. The van der Waals surface area contributed by atoms with Gasteiger partial charge in [-0.15, -0.1) is 0 Å². The maximum absolute atomic E-state index is 13.1. The number of nitrogens with one attached hydrogen (secondary N) is 1. The predicted molar refractivity (Wildman–Crippen MR) is 113 cm³/mol. The van der Waals surface area contributed by atoms with Crippen molar-refractivity contribution in [3.63, 3.8) is 0 Å². The highest BCUT2D eigenvalue weighted by Gasteiger charge is 2.27. The number of amides is 3. The second kappa shape index (κ2) is 9.32. The summed E-state index contributed by atoms with van der Waals surface area (Å²) in [7, 11) is 0. The van der Waals surface area contributed by atoms with Crippen LogP contribution in [0.1, 0.15) is 46.5 Å². The van der Waals surface area contributed by atoms with Crippen LogP contribution in [0.25, 0.3) is 0 Å². The van der Waals surface area contributed by atoms with Gasteiger partial charge in [-0.2, -0.15) is 0 Å². The first kappa shape index (κ1) is 21.1. The van der Waals surface area contributed by atoms with Gasteiger partial charge in [-0.3, -0.25) is 14.4 Å². The molecular formula is C23H27FN4O3. The zero-order chi connectivity index (χ0) is 21.8. The lowest BCUT2D eigenvalue weighted by atomic mass is 10.1. The van der Waals surface area contributed by atoms with Crippen molar-refractivity contribution < 1.29 is 18.8 Å². The first-order chi connectivity index (χ1) is 15.0. The van der Waals surface area contributed by atoms with Crippen LogP contribution in [0.4, 0.5) is 4.39 Å². The van der Waals surface area contributed by atoms with Crippen molar-refractivity contribution in [3.8, 4) is 0 Å². The Morgan fingerprint density at radius 2 is 1.52 bits per heavy atom. The molecule has 1 aliphatic carbocycles. The molecule has 3 amide bonds. The van der Waals surface area contributed by atoms with Gasteiger partial charge < -0.3 is 19.7 Å². The van der Waals surface area contributed by atoms with Crippen LogP contribution in [0.2, 0.25) is 0 Å². The summed E-state index contributed by atoms with van der Waals surface area (Å²) < 4.78 is 14.8. The van der Waals surface area contributed by atoms with E-state index in [0.717, 1.165) is 25.7 Å². The maximum Gasteiger partial charge on any atom is 0.270 e. The van der Waals surface area contributed by atoms with Crippen molar-refractivity contribution in [2.45, 2.75) is 38.3 Å². The lowest BCUT2D eigenvalue weighted by molar-refractivity contribution is -0.122. The van der Waals surface area contributed by atoms with E-state index in [9.17, 15) is 18.8 Å². The molecule has 1 saturated carbocycles. The molecular weight excluding hydrogens is 399 g/mol. The molecule has 164 valence electrons. The zero-order valence-electron chi connectivity index (χ0n) is 17.4. The summed E-state index contributed by atoms with van der Waals surface area (Å²) in [5, 5.41) is 3.05. The summed E-state index contributed by atoms with van der Waals surface area (Å²) in [5.74, 6) is -0.773. The number of nitrogens with zero attached hydrogens (tertiary/aromatic N) is 3. The van der Waals surface area contributed by atoms with Gasteiger partial charge in [0.15, 0.2) is 0 Å². The van der Waals surface area contributed by atoms with E-state index < -0.39 is 0 Å². The molecule has 0 atom stereocenters. The average Bonchev–Trinajstić information content (AvgIpc) is 3.45. The first-order valence-corrected chi connectivity index (χ1v) is 10.8. The minimum Gasteiger partial charge on any atom is -0.352 e. The fourth-order valence-electron chi connectivity index (χ4n) is 4.29. The van der Waals surface area contributed by atoms with Crippen molar-refractivity contribution in [1.29, 1.82) is 0 Å². The van der Waals surface area contributed by atoms with Crippen LogP contribution in [-0.2, 0) is 11.3 Å². The number of aromatic nitrogens is 1. The Labute approximate surface area is 180 Å². The van der Waals surface area contributed by atoms with Crippen LogP contribution in [0.3, 0.4) is 0 Å². The molecule has 31 heavy (non-hydrogen) atoms. The minimum absolute atomic E-state index is 0.0770. The van der Waals surface area contributed by atoms with Gasteiger partial charge in [-0.05, 0) is 49.2 Å². The van der Waals surface area contributed by atoms with E-state index in [4.69, 9.17) is 0 Å². The Kier molecular flexibility index (Phi) is 6.34. The Balaban J connectivity index is 1.32. The quantitative estimate of drug-likeness (QED) is 0.797. The van der Waals surface area contributed by atoms with Gasteiger partial charge in [0.05, 0.1) is 0 Å². The van der Waals surface area contributed by atoms with Crippen LogP contribution >= 0.6 is 0 Å². The Hall–Kier alpha value is -3.16. The number of rotatable bonds is 5. The number of hydrogen-bond acceptors (Lipinski definition) is 3. The highest BCUT2D eigenvalue weighted by molar-refractivity contribution is 5.95. The normalized spacial score (nSPS) is 17.1. The molecule has 7 nitrogen and oxygen atoms in total. The number of benzene rings is 1. The molecule has 2 aromatic rings. The molecule has 0 spiro atoms. The number of carbonyl (C=O) groups excluding carboxylic acids is 3. The Bertz CT molecular complexity index is 942. The van der Waals surface area contributed by atoms with Crippen molar-refractivity contribution in [1.82, 2.24) is 19.7 Å². The Morgan fingerprint density at radius 1 is 0.903 bits per heavy atom. The van der Waals surface area contributed by atoms with E-state index in [-0.39, 0.29) is 36.1 Å². The third kappa shape index (κ3) is 4.95. The lowest BCUT2D eigenvalue weighted by Crippen LogP contribution is -2.51. The summed E-state index contributed by atoms with van der Waals surface area (Å²) in [6, 6.07) is 9.21. The lowest BCUT2D eigenvalue weighted by Gasteiger charge is -2.35. The van der Waals surface area contributed by atoms with Gasteiger partial charge in [0, 0.05) is 44.0 Å². The Morgan fingerprint density at radius 3 is 2.16 bits per heavy atom. The summed E-state index contributed by atoms with van der Waals surface area (Å²) in [6.07, 6.45) is 6.08. The maximum atomic E-state index is 13.1. The molecule has 1 aromatic carbocycles. The molecule has 1 saturated heterocycles.